The zero-order valence-corrected chi connectivity index (χ0v) is 19.9. The molecule has 0 heterocycles. The minimum Gasteiger partial charge on any atom is -0.744 e. The van der Waals surface area contributed by atoms with Crippen LogP contribution in [0, 0.1) is 11.8 Å². The summed E-state index contributed by atoms with van der Waals surface area (Å²) in [4.78, 5) is 12.6. The summed E-state index contributed by atoms with van der Waals surface area (Å²) in [6.07, 6.45) is 5.25. The highest BCUT2D eigenvalue weighted by molar-refractivity contribution is 7.85. The number of hydrogen-bond donors (Lipinski definition) is 0. The molecule has 0 N–H and O–H groups in total. The third-order valence-electron chi connectivity index (χ3n) is 7.14. The highest BCUT2D eigenvalue weighted by atomic mass is 32.2. The predicted molar refractivity (Wildman–Crippen MR) is 122 cm³/mol. The van der Waals surface area contributed by atoms with Crippen LogP contribution in [-0.2, 0) is 10.1 Å². The van der Waals surface area contributed by atoms with E-state index < -0.39 is 16.1 Å². The van der Waals surface area contributed by atoms with Crippen molar-refractivity contribution in [3.63, 3.8) is 0 Å². The normalized spacial score (nSPS) is 22.7. The van der Waals surface area contributed by atoms with Crippen LogP contribution in [-0.4, -0.2) is 18.9 Å². The molecule has 2 fully saturated rings. The Hall–Kier alpha value is -2.18. The number of fused-ring (bicyclic) bond motifs is 2. The van der Waals surface area contributed by atoms with E-state index in [9.17, 15) is 17.8 Å². The molecule has 2 aliphatic carbocycles. The lowest BCUT2D eigenvalue weighted by atomic mass is 9.83. The summed E-state index contributed by atoms with van der Waals surface area (Å²) >= 11 is 0. The number of esters is 1. The van der Waals surface area contributed by atoms with Crippen molar-refractivity contribution in [2.24, 2.45) is 11.8 Å². The first-order chi connectivity index (χ1) is 15.0. The van der Waals surface area contributed by atoms with Crippen LogP contribution in [0.25, 0.3) is 0 Å². The van der Waals surface area contributed by atoms with E-state index in [4.69, 9.17) is 4.74 Å². The zero-order chi connectivity index (χ0) is 23.2. The first-order valence-electron chi connectivity index (χ1n) is 11.5. The minimum atomic E-state index is -4.66. The smallest absolute Gasteiger partial charge is 0.343 e. The Morgan fingerprint density at radius 2 is 1.56 bits per heavy atom. The second kappa shape index (κ2) is 8.64. The minimum absolute atomic E-state index is 0.197. The molecule has 0 amide bonds. The molecule has 4 rings (SSSR count). The highest BCUT2D eigenvalue weighted by Crippen LogP contribution is 2.52. The average Bonchev–Trinajstić information content (AvgIpc) is 3.36. The lowest BCUT2D eigenvalue weighted by Crippen LogP contribution is -2.14. The van der Waals surface area contributed by atoms with Crippen LogP contribution in [0.1, 0.15) is 98.2 Å². The molecule has 0 radical (unpaired) electrons. The number of ether oxygens (including phenoxy) is 1. The lowest BCUT2D eigenvalue weighted by molar-refractivity contribution is 0.0734. The maximum Gasteiger partial charge on any atom is 0.343 e. The molecule has 0 aromatic heterocycles. The molecule has 2 bridgehead atoms. The Bertz CT molecular complexity index is 1090. The van der Waals surface area contributed by atoms with Gasteiger partial charge in [-0.2, -0.15) is 0 Å². The quantitative estimate of drug-likeness (QED) is 0.305. The highest BCUT2D eigenvalue weighted by Gasteiger charge is 2.40. The number of carbonyl (C=O) groups is 1. The molecule has 2 aromatic carbocycles. The van der Waals surface area contributed by atoms with E-state index in [0.717, 1.165) is 11.8 Å². The van der Waals surface area contributed by atoms with Gasteiger partial charge in [-0.05, 0) is 89.8 Å². The van der Waals surface area contributed by atoms with Gasteiger partial charge in [0.05, 0.1) is 10.5 Å². The molecular weight excluding hydrogens is 424 g/mol. The van der Waals surface area contributed by atoms with Crippen molar-refractivity contribution in [2.45, 2.75) is 76.0 Å². The van der Waals surface area contributed by atoms with Crippen molar-refractivity contribution in [1.82, 2.24) is 0 Å². The lowest BCUT2D eigenvalue weighted by Gasteiger charge is -2.23. The molecule has 0 aliphatic heterocycles. The summed E-state index contributed by atoms with van der Waals surface area (Å²) < 4.78 is 41.5. The molecule has 6 heteroatoms. The second-order valence-electron chi connectivity index (χ2n) is 9.99. The van der Waals surface area contributed by atoms with E-state index in [1.165, 1.54) is 43.4 Å². The number of rotatable bonds is 6. The van der Waals surface area contributed by atoms with E-state index in [1.807, 2.05) is 52.0 Å². The van der Waals surface area contributed by atoms with Crippen LogP contribution >= 0.6 is 0 Å². The van der Waals surface area contributed by atoms with Crippen LogP contribution in [0.3, 0.4) is 0 Å². The van der Waals surface area contributed by atoms with Crippen molar-refractivity contribution in [3.8, 4) is 5.75 Å². The number of carbonyl (C=O) groups excluding carboxylic acids is 1. The Labute approximate surface area is 190 Å². The van der Waals surface area contributed by atoms with Crippen LogP contribution < -0.4 is 4.74 Å². The summed E-state index contributed by atoms with van der Waals surface area (Å²) in [5.74, 6) is 1.57. The van der Waals surface area contributed by atoms with Crippen molar-refractivity contribution >= 4 is 16.1 Å². The van der Waals surface area contributed by atoms with E-state index >= 15 is 0 Å². The largest absolute Gasteiger partial charge is 0.744 e. The van der Waals surface area contributed by atoms with Gasteiger partial charge in [0.2, 0.25) is 0 Å². The molecule has 2 saturated carbocycles. The van der Waals surface area contributed by atoms with Gasteiger partial charge in [0.1, 0.15) is 15.9 Å². The Morgan fingerprint density at radius 1 is 0.969 bits per heavy atom. The number of benzene rings is 2. The van der Waals surface area contributed by atoms with Crippen LogP contribution in [0.5, 0.6) is 5.75 Å². The van der Waals surface area contributed by atoms with Gasteiger partial charge < -0.3 is 9.29 Å². The third-order valence-corrected chi connectivity index (χ3v) is 8.11. The maximum absolute atomic E-state index is 12.8. The molecule has 3 atom stereocenters. The monoisotopic (exact) mass is 455 g/mol. The topological polar surface area (TPSA) is 83.5 Å². The van der Waals surface area contributed by atoms with Gasteiger partial charge >= 0.3 is 5.97 Å². The van der Waals surface area contributed by atoms with Gasteiger partial charge in [-0.25, -0.2) is 13.2 Å². The van der Waals surface area contributed by atoms with Gasteiger partial charge in [-0.1, -0.05) is 46.2 Å². The maximum atomic E-state index is 12.8. The van der Waals surface area contributed by atoms with Crippen LogP contribution in [0.15, 0.2) is 41.3 Å². The Kier molecular flexibility index (Phi) is 6.21. The summed E-state index contributed by atoms with van der Waals surface area (Å²) in [5, 5.41) is 0. The molecule has 2 aromatic rings. The fourth-order valence-corrected chi connectivity index (χ4v) is 6.70. The Balaban J connectivity index is 1.59. The van der Waals surface area contributed by atoms with Crippen molar-refractivity contribution in [1.29, 1.82) is 0 Å². The predicted octanol–water partition coefficient (Wildman–Crippen LogP) is 5.96. The summed E-state index contributed by atoms with van der Waals surface area (Å²) in [7, 11) is -4.66. The average molecular weight is 456 g/mol. The van der Waals surface area contributed by atoms with Gasteiger partial charge in [0, 0.05) is 0 Å². The molecule has 3 unspecified atom stereocenters. The van der Waals surface area contributed by atoms with Crippen LogP contribution in [0.2, 0.25) is 0 Å². The van der Waals surface area contributed by atoms with Crippen molar-refractivity contribution in [3.05, 3.63) is 58.7 Å². The van der Waals surface area contributed by atoms with Gasteiger partial charge in [0.25, 0.3) is 0 Å². The fourth-order valence-electron chi connectivity index (χ4n) is 5.54. The van der Waals surface area contributed by atoms with Crippen LogP contribution in [0.4, 0.5) is 0 Å². The zero-order valence-electron chi connectivity index (χ0n) is 19.1. The standard InChI is InChI=1S/C26H32O5S/c1-15(2)22-13-21(14-23(16(3)4)25(22)32(28,29)30)31-26(27)19-9-7-18(8-10-19)24-12-17-5-6-20(24)11-17/h7-10,13-17,20,24H,5-6,11-12H2,1-4H3,(H,28,29,30)/p-1. The third kappa shape index (κ3) is 4.48. The van der Waals surface area contributed by atoms with E-state index in [0.29, 0.717) is 22.6 Å². The summed E-state index contributed by atoms with van der Waals surface area (Å²) in [6, 6.07) is 10.7. The van der Waals surface area contributed by atoms with Gasteiger partial charge in [-0.3, -0.25) is 0 Å². The second-order valence-corrected chi connectivity index (χ2v) is 11.3. The molecule has 5 nitrogen and oxygen atoms in total. The first kappa shape index (κ1) is 23.0. The van der Waals surface area contributed by atoms with E-state index in [1.54, 1.807) is 0 Å². The Morgan fingerprint density at radius 3 is 2.00 bits per heavy atom. The van der Waals surface area contributed by atoms with Gasteiger partial charge in [0.15, 0.2) is 0 Å². The molecule has 0 spiro atoms. The molecule has 32 heavy (non-hydrogen) atoms. The summed E-state index contributed by atoms with van der Waals surface area (Å²) in [5.41, 5.74) is 2.50. The SMILES string of the molecule is CC(C)c1cc(OC(=O)c2ccc(C3CC4CCC3C4)cc2)cc(C(C)C)c1S(=O)(=O)[O-]. The summed E-state index contributed by atoms with van der Waals surface area (Å²) in [6.45, 7) is 7.25. The van der Waals surface area contributed by atoms with Gasteiger partial charge in [-0.15, -0.1) is 0 Å². The van der Waals surface area contributed by atoms with E-state index in [-0.39, 0.29) is 22.5 Å². The molecule has 2 aliphatic rings. The van der Waals surface area contributed by atoms with Crippen molar-refractivity contribution in [2.75, 3.05) is 0 Å². The van der Waals surface area contributed by atoms with Crippen molar-refractivity contribution < 1.29 is 22.5 Å². The molecule has 0 saturated heterocycles. The molecule has 172 valence electrons. The molecular formula is C26H31O5S-. The fraction of sp³-hybridized carbons (Fsp3) is 0.500. The first-order valence-corrected chi connectivity index (χ1v) is 12.9. The van der Waals surface area contributed by atoms with E-state index in [2.05, 4.69) is 0 Å². The number of hydrogen-bond acceptors (Lipinski definition) is 5.